The van der Waals surface area contributed by atoms with Crippen molar-refractivity contribution in [2.45, 2.75) is 6.54 Å². The molecule has 0 atom stereocenters. The summed E-state index contributed by atoms with van der Waals surface area (Å²) in [4.78, 5) is 13.6. The lowest BCUT2D eigenvalue weighted by molar-refractivity contribution is 0.415. The molecule has 3 heterocycles. The third-order valence-corrected chi connectivity index (χ3v) is 4.59. The topological polar surface area (TPSA) is 84.7 Å². The highest BCUT2D eigenvalue weighted by atomic mass is 16.5. The number of hydrogen-bond donors (Lipinski definition) is 1. The number of anilines is 2. The normalized spacial score (nSPS) is 12.2. The second kappa shape index (κ2) is 6.70. The number of nitrogens with one attached hydrogen (secondary N) is 1. The van der Waals surface area contributed by atoms with Gasteiger partial charge < -0.3 is 10.1 Å². The molecule has 1 aliphatic rings. The van der Waals surface area contributed by atoms with E-state index in [-0.39, 0.29) is 0 Å². The van der Waals surface area contributed by atoms with Crippen LogP contribution in [0.4, 0.5) is 17.2 Å². The number of aromatic nitrogens is 3. The molecule has 1 N–H and O–H groups in total. The van der Waals surface area contributed by atoms with Crippen molar-refractivity contribution < 1.29 is 4.74 Å². The zero-order chi connectivity index (χ0) is 18.9. The SMILES string of the molecule is COc1ccc2nc(-c3cccnc3)nc(Nc3ccc4c(c3)N=NC4)c2c1. The van der Waals surface area contributed by atoms with Crippen molar-refractivity contribution in [3.05, 3.63) is 66.5 Å². The van der Waals surface area contributed by atoms with Gasteiger partial charge in [-0.25, -0.2) is 9.97 Å². The lowest BCUT2D eigenvalue weighted by atomic mass is 10.1. The van der Waals surface area contributed by atoms with Crippen molar-refractivity contribution >= 4 is 28.1 Å². The quantitative estimate of drug-likeness (QED) is 0.545. The summed E-state index contributed by atoms with van der Waals surface area (Å²) in [6, 6.07) is 15.6. The molecule has 136 valence electrons. The van der Waals surface area contributed by atoms with Crippen molar-refractivity contribution in [3.63, 3.8) is 0 Å². The smallest absolute Gasteiger partial charge is 0.163 e. The van der Waals surface area contributed by atoms with Crippen molar-refractivity contribution in [3.8, 4) is 17.1 Å². The fourth-order valence-corrected chi connectivity index (χ4v) is 3.15. The molecule has 4 aromatic rings. The molecule has 0 spiro atoms. The molecule has 0 radical (unpaired) electrons. The van der Waals surface area contributed by atoms with E-state index in [0.717, 1.165) is 39.2 Å². The summed E-state index contributed by atoms with van der Waals surface area (Å²) in [6.45, 7) is 0.633. The Hall–Kier alpha value is -3.87. The first-order valence-electron chi connectivity index (χ1n) is 8.84. The van der Waals surface area contributed by atoms with E-state index in [1.54, 1.807) is 19.5 Å². The Kier molecular flexibility index (Phi) is 3.90. The van der Waals surface area contributed by atoms with E-state index in [2.05, 4.69) is 20.5 Å². The van der Waals surface area contributed by atoms with Crippen LogP contribution in [0.3, 0.4) is 0 Å². The molecule has 5 rings (SSSR count). The molecule has 0 saturated carbocycles. The zero-order valence-electron chi connectivity index (χ0n) is 15.1. The third kappa shape index (κ3) is 2.92. The number of rotatable bonds is 4. The molecule has 2 aromatic heterocycles. The van der Waals surface area contributed by atoms with Crippen LogP contribution in [0.25, 0.3) is 22.3 Å². The minimum Gasteiger partial charge on any atom is -0.497 e. The van der Waals surface area contributed by atoms with Crippen LogP contribution in [0.2, 0.25) is 0 Å². The van der Waals surface area contributed by atoms with Crippen LogP contribution < -0.4 is 10.1 Å². The average Bonchev–Trinajstić information content (AvgIpc) is 3.22. The number of nitrogens with zero attached hydrogens (tertiary/aromatic N) is 5. The second-order valence-electron chi connectivity index (χ2n) is 6.39. The molecule has 0 bridgehead atoms. The van der Waals surface area contributed by atoms with Gasteiger partial charge in [-0.05, 0) is 42.5 Å². The minimum absolute atomic E-state index is 0.606. The van der Waals surface area contributed by atoms with E-state index in [1.807, 2.05) is 48.5 Å². The van der Waals surface area contributed by atoms with Gasteiger partial charge in [0, 0.05) is 34.6 Å². The standard InChI is InChI=1S/C21H16N6O/c1-28-16-6-7-18-17(10-16)21(26-20(25-18)14-3-2-8-22-11-14)24-15-5-4-13-12-23-27-19(13)9-15/h2-11H,12H2,1H3,(H,24,25,26). The summed E-state index contributed by atoms with van der Waals surface area (Å²) in [6.07, 6.45) is 3.48. The van der Waals surface area contributed by atoms with Crippen molar-refractivity contribution in [1.82, 2.24) is 15.0 Å². The van der Waals surface area contributed by atoms with Gasteiger partial charge in [0.15, 0.2) is 5.82 Å². The summed E-state index contributed by atoms with van der Waals surface area (Å²) >= 11 is 0. The average molecular weight is 368 g/mol. The number of azo groups is 1. The second-order valence-corrected chi connectivity index (χ2v) is 6.39. The van der Waals surface area contributed by atoms with Crippen LogP contribution in [0, 0.1) is 0 Å². The lowest BCUT2D eigenvalue weighted by Gasteiger charge is -2.12. The van der Waals surface area contributed by atoms with Crippen LogP contribution in [0.1, 0.15) is 5.56 Å². The highest BCUT2D eigenvalue weighted by Crippen LogP contribution is 2.33. The van der Waals surface area contributed by atoms with Crippen LogP contribution in [0.15, 0.2) is 71.2 Å². The highest BCUT2D eigenvalue weighted by Gasteiger charge is 2.13. The number of fused-ring (bicyclic) bond motifs is 2. The molecule has 0 aliphatic carbocycles. The highest BCUT2D eigenvalue weighted by molar-refractivity contribution is 5.93. The van der Waals surface area contributed by atoms with Crippen molar-refractivity contribution in [2.75, 3.05) is 12.4 Å². The molecule has 2 aromatic carbocycles. The Morgan fingerprint density at radius 1 is 1.04 bits per heavy atom. The molecular weight excluding hydrogens is 352 g/mol. The fraction of sp³-hybridized carbons (Fsp3) is 0.0952. The molecular formula is C21H16N6O. The summed E-state index contributed by atoms with van der Waals surface area (Å²) in [7, 11) is 1.64. The minimum atomic E-state index is 0.606. The van der Waals surface area contributed by atoms with Gasteiger partial charge in [-0.2, -0.15) is 10.2 Å². The third-order valence-electron chi connectivity index (χ3n) is 4.59. The lowest BCUT2D eigenvalue weighted by Crippen LogP contribution is -2.00. The Morgan fingerprint density at radius 3 is 2.86 bits per heavy atom. The summed E-state index contributed by atoms with van der Waals surface area (Å²) in [5, 5.41) is 12.5. The largest absolute Gasteiger partial charge is 0.497 e. The van der Waals surface area contributed by atoms with E-state index in [9.17, 15) is 0 Å². The van der Waals surface area contributed by atoms with E-state index in [0.29, 0.717) is 18.2 Å². The van der Waals surface area contributed by atoms with Gasteiger partial charge in [-0.1, -0.05) is 6.07 Å². The van der Waals surface area contributed by atoms with Crippen molar-refractivity contribution in [2.24, 2.45) is 10.2 Å². The molecule has 0 unspecified atom stereocenters. The van der Waals surface area contributed by atoms with Gasteiger partial charge in [0.05, 0.1) is 24.9 Å². The predicted octanol–water partition coefficient (Wildman–Crippen LogP) is 5.04. The van der Waals surface area contributed by atoms with E-state index in [4.69, 9.17) is 14.7 Å². The summed E-state index contributed by atoms with van der Waals surface area (Å²) in [5.41, 5.74) is 4.56. The first-order chi connectivity index (χ1) is 13.8. The molecule has 0 amide bonds. The Bertz CT molecular complexity index is 1210. The monoisotopic (exact) mass is 368 g/mol. The Balaban J connectivity index is 1.65. The molecule has 7 nitrogen and oxygen atoms in total. The van der Waals surface area contributed by atoms with E-state index in [1.165, 1.54) is 0 Å². The molecule has 7 heteroatoms. The number of hydrogen-bond acceptors (Lipinski definition) is 7. The molecule has 0 saturated heterocycles. The first kappa shape index (κ1) is 16.3. The van der Waals surface area contributed by atoms with Crippen LogP contribution in [-0.4, -0.2) is 22.1 Å². The van der Waals surface area contributed by atoms with Gasteiger partial charge in [0.1, 0.15) is 11.6 Å². The Morgan fingerprint density at radius 2 is 2.00 bits per heavy atom. The zero-order valence-corrected chi connectivity index (χ0v) is 15.1. The van der Waals surface area contributed by atoms with Crippen LogP contribution in [-0.2, 0) is 6.54 Å². The number of pyridine rings is 1. The maximum atomic E-state index is 5.38. The summed E-state index contributed by atoms with van der Waals surface area (Å²) in [5.74, 6) is 2.04. The van der Waals surface area contributed by atoms with Crippen LogP contribution in [0.5, 0.6) is 5.75 Å². The predicted molar refractivity (Wildman–Crippen MR) is 107 cm³/mol. The van der Waals surface area contributed by atoms with Gasteiger partial charge in [-0.15, -0.1) is 0 Å². The van der Waals surface area contributed by atoms with Gasteiger partial charge >= 0.3 is 0 Å². The van der Waals surface area contributed by atoms with E-state index >= 15 is 0 Å². The maximum absolute atomic E-state index is 5.38. The number of ether oxygens (including phenoxy) is 1. The first-order valence-corrected chi connectivity index (χ1v) is 8.84. The van der Waals surface area contributed by atoms with Crippen molar-refractivity contribution in [1.29, 1.82) is 0 Å². The number of benzene rings is 2. The van der Waals surface area contributed by atoms with Crippen LogP contribution >= 0.6 is 0 Å². The summed E-state index contributed by atoms with van der Waals surface area (Å²) < 4.78 is 5.38. The molecule has 28 heavy (non-hydrogen) atoms. The molecule has 1 aliphatic heterocycles. The van der Waals surface area contributed by atoms with Gasteiger partial charge in [-0.3, -0.25) is 4.98 Å². The van der Waals surface area contributed by atoms with E-state index < -0.39 is 0 Å². The fourth-order valence-electron chi connectivity index (χ4n) is 3.15. The van der Waals surface area contributed by atoms with Gasteiger partial charge in [0.2, 0.25) is 0 Å². The Labute approximate surface area is 161 Å². The molecule has 0 fully saturated rings. The van der Waals surface area contributed by atoms with Gasteiger partial charge in [0.25, 0.3) is 0 Å². The number of methoxy groups -OCH3 is 1. The maximum Gasteiger partial charge on any atom is 0.163 e.